The largest absolute Gasteiger partial charge is 0.317 e. The molecule has 1 aromatic heterocycles. The number of nitrogens with zero attached hydrogens (tertiary/aromatic N) is 3. The van der Waals surface area contributed by atoms with Crippen LogP contribution in [0.2, 0.25) is 5.02 Å². The molecule has 0 aliphatic rings. The number of benzene rings is 2. The summed E-state index contributed by atoms with van der Waals surface area (Å²) in [5.41, 5.74) is 1.27. The molecule has 0 fully saturated rings. The highest BCUT2D eigenvalue weighted by atomic mass is 35.5. The summed E-state index contributed by atoms with van der Waals surface area (Å²) < 4.78 is 2.58. The number of non-ortho nitro benzene ring substituents is 1. The van der Waals surface area contributed by atoms with Crippen molar-refractivity contribution in [3.8, 4) is 0 Å². The zero-order valence-corrected chi connectivity index (χ0v) is 14.2. The highest BCUT2D eigenvalue weighted by molar-refractivity contribution is 7.16. The Morgan fingerprint density at radius 1 is 1.29 bits per heavy atom. The van der Waals surface area contributed by atoms with Gasteiger partial charge in [0.2, 0.25) is 0 Å². The van der Waals surface area contributed by atoms with Crippen molar-refractivity contribution in [3.63, 3.8) is 0 Å². The average Bonchev–Trinajstić information content (AvgIpc) is 2.91. The molecule has 0 spiro atoms. The lowest BCUT2D eigenvalue weighted by Crippen LogP contribution is -2.15. The number of hydrogen-bond acceptors (Lipinski definition) is 4. The van der Waals surface area contributed by atoms with Crippen LogP contribution < -0.4 is 4.80 Å². The lowest BCUT2D eigenvalue weighted by molar-refractivity contribution is -0.384. The van der Waals surface area contributed by atoms with Crippen molar-refractivity contribution in [2.24, 2.45) is 4.99 Å². The van der Waals surface area contributed by atoms with Crippen molar-refractivity contribution in [3.05, 3.63) is 68.0 Å². The summed E-state index contributed by atoms with van der Waals surface area (Å²) in [5.74, 6) is -0.380. The van der Waals surface area contributed by atoms with Crippen molar-refractivity contribution < 1.29 is 9.72 Å². The first kappa shape index (κ1) is 16.4. The van der Waals surface area contributed by atoms with Crippen LogP contribution in [0.1, 0.15) is 17.3 Å². The number of halogens is 1. The maximum atomic E-state index is 12.3. The van der Waals surface area contributed by atoms with E-state index in [1.165, 1.54) is 23.5 Å². The number of rotatable bonds is 3. The molecule has 0 atom stereocenters. The van der Waals surface area contributed by atoms with E-state index in [-0.39, 0.29) is 11.6 Å². The van der Waals surface area contributed by atoms with Gasteiger partial charge < -0.3 is 4.57 Å². The molecule has 24 heavy (non-hydrogen) atoms. The zero-order chi connectivity index (χ0) is 17.3. The summed E-state index contributed by atoms with van der Waals surface area (Å²) in [5, 5.41) is 11.5. The van der Waals surface area contributed by atoms with E-state index in [2.05, 4.69) is 4.99 Å². The molecule has 8 heteroatoms. The third-order valence-corrected chi connectivity index (χ3v) is 4.77. The van der Waals surface area contributed by atoms with Crippen LogP contribution in [0, 0.1) is 10.1 Å². The minimum absolute atomic E-state index is 0.0163. The molecule has 3 rings (SSSR count). The molecule has 0 saturated heterocycles. The molecule has 0 saturated carbocycles. The standard InChI is InChI=1S/C16H12ClN3O3S/c1-2-19-13-8-7-12(20(22)23)9-14(13)24-16(19)18-15(21)10-3-5-11(17)6-4-10/h3-9H,2H2,1H3. The van der Waals surface area contributed by atoms with Crippen molar-refractivity contribution in [1.29, 1.82) is 0 Å². The van der Waals surface area contributed by atoms with Crippen molar-refractivity contribution >= 4 is 44.7 Å². The number of carbonyl (C=O) groups is 1. The van der Waals surface area contributed by atoms with E-state index >= 15 is 0 Å². The van der Waals surface area contributed by atoms with Crippen molar-refractivity contribution in [2.45, 2.75) is 13.5 Å². The second-order valence-corrected chi connectivity index (χ2v) is 6.41. The van der Waals surface area contributed by atoms with Gasteiger partial charge in [0.25, 0.3) is 11.6 Å². The molecular formula is C16H12ClN3O3S. The molecule has 2 aromatic carbocycles. The fourth-order valence-corrected chi connectivity index (χ4v) is 3.56. The first-order chi connectivity index (χ1) is 11.5. The number of hydrogen-bond donors (Lipinski definition) is 0. The van der Waals surface area contributed by atoms with Crippen LogP contribution in [-0.4, -0.2) is 15.4 Å². The van der Waals surface area contributed by atoms with E-state index < -0.39 is 4.92 Å². The number of thiazole rings is 1. The summed E-state index contributed by atoms with van der Waals surface area (Å²) in [4.78, 5) is 27.5. The minimum atomic E-state index is -0.439. The molecule has 122 valence electrons. The highest BCUT2D eigenvalue weighted by Gasteiger charge is 2.12. The van der Waals surface area contributed by atoms with Crippen molar-refractivity contribution in [2.75, 3.05) is 0 Å². The SMILES string of the molecule is CCn1c(=NC(=O)c2ccc(Cl)cc2)sc2cc([N+](=O)[O-])ccc21. The van der Waals surface area contributed by atoms with E-state index in [0.717, 1.165) is 5.52 Å². The van der Waals surface area contributed by atoms with Gasteiger partial charge in [0.1, 0.15) is 0 Å². The van der Waals surface area contributed by atoms with E-state index in [0.29, 0.717) is 26.6 Å². The number of carbonyl (C=O) groups excluding carboxylic acids is 1. The van der Waals surface area contributed by atoms with Crippen LogP contribution >= 0.6 is 22.9 Å². The van der Waals surface area contributed by atoms with E-state index in [9.17, 15) is 14.9 Å². The maximum Gasteiger partial charge on any atom is 0.279 e. The number of aromatic nitrogens is 1. The zero-order valence-electron chi connectivity index (χ0n) is 12.6. The van der Waals surface area contributed by atoms with Gasteiger partial charge in [-0.05, 0) is 37.3 Å². The molecule has 1 amide bonds. The summed E-state index contributed by atoms with van der Waals surface area (Å²) >= 11 is 7.07. The Balaban J connectivity index is 2.12. The van der Waals surface area contributed by atoms with Crippen LogP contribution in [0.4, 0.5) is 5.69 Å². The van der Waals surface area contributed by atoms with Gasteiger partial charge in [0, 0.05) is 29.3 Å². The Kier molecular flexibility index (Phi) is 4.46. The van der Waals surface area contributed by atoms with Gasteiger partial charge in [-0.15, -0.1) is 0 Å². The van der Waals surface area contributed by atoms with Crippen LogP contribution in [-0.2, 0) is 6.54 Å². The van der Waals surface area contributed by atoms with E-state index in [4.69, 9.17) is 11.6 Å². The van der Waals surface area contributed by atoms with Gasteiger partial charge in [-0.3, -0.25) is 14.9 Å². The Morgan fingerprint density at radius 3 is 2.62 bits per heavy atom. The Hall–Kier alpha value is -2.51. The molecule has 0 aliphatic heterocycles. The summed E-state index contributed by atoms with van der Waals surface area (Å²) in [6, 6.07) is 11.1. The van der Waals surface area contributed by atoms with Crippen LogP contribution in [0.3, 0.4) is 0 Å². The second kappa shape index (κ2) is 6.54. The third kappa shape index (κ3) is 3.08. The van der Waals surface area contributed by atoms with Crippen LogP contribution in [0.5, 0.6) is 0 Å². The first-order valence-corrected chi connectivity index (χ1v) is 8.31. The average molecular weight is 362 g/mol. The molecule has 0 bridgehead atoms. The Labute approximate surface area is 145 Å². The normalized spacial score (nSPS) is 11.8. The fourth-order valence-electron chi connectivity index (χ4n) is 2.31. The molecule has 1 heterocycles. The molecule has 0 N–H and O–H groups in total. The van der Waals surface area contributed by atoms with Gasteiger partial charge in [0.15, 0.2) is 4.80 Å². The summed E-state index contributed by atoms with van der Waals surface area (Å²) in [7, 11) is 0. The van der Waals surface area contributed by atoms with Gasteiger partial charge in [-0.1, -0.05) is 22.9 Å². The smallest absolute Gasteiger partial charge is 0.279 e. The second-order valence-electron chi connectivity index (χ2n) is 4.96. The van der Waals surface area contributed by atoms with Crippen LogP contribution in [0.25, 0.3) is 10.2 Å². The van der Waals surface area contributed by atoms with Crippen LogP contribution in [0.15, 0.2) is 47.5 Å². The van der Waals surface area contributed by atoms with Gasteiger partial charge in [-0.2, -0.15) is 4.99 Å². The molecule has 6 nitrogen and oxygen atoms in total. The highest BCUT2D eigenvalue weighted by Crippen LogP contribution is 2.23. The van der Waals surface area contributed by atoms with E-state index in [1.807, 2.05) is 11.5 Å². The predicted molar refractivity (Wildman–Crippen MR) is 93.5 cm³/mol. The number of fused-ring (bicyclic) bond motifs is 1. The Bertz CT molecular complexity index is 1010. The van der Waals surface area contributed by atoms with Gasteiger partial charge in [-0.25, -0.2) is 0 Å². The lowest BCUT2D eigenvalue weighted by Gasteiger charge is -2.00. The van der Waals surface area contributed by atoms with Gasteiger partial charge >= 0.3 is 0 Å². The summed E-state index contributed by atoms with van der Waals surface area (Å²) in [6.45, 7) is 2.53. The van der Waals surface area contributed by atoms with Gasteiger partial charge in [0.05, 0.1) is 15.1 Å². The topological polar surface area (TPSA) is 77.5 Å². The molecule has 0 unspecified atom stereocenters. The molecular weight excluding hydrogens is 350 g/mol. The molecule has 3 aromatic rings. The molecule has 0 aliphatic carbocycles. The monoisotopic (exact) mass is 361 g/mol. The fraction of sp³-hybridized carbons (Fsp3) is 0.125. The molecule has 0 radical (unpaired) electrons. The number of amides is 1. The number of aryl methyl sites for hydroxylation is 1. The number of nitro benzene ring substituents is 1. The van der Waals surface area contributed by atoms with E-state index in [1.54, 1.807) is 30.3 Å². The summed E-state index contributed by atoms with van der Waals surface area (Å²) in [6.07, 6.45) is 0. The Morgan fingerprint density at radius 2 is 2.00 bits per heavy atom. The number of nitro groups is 1. The quantitative estimate of drug-likeness (QED) is 0.522. The third-order valence-electron chi connectivity index (χ3n) is 3.48. The minimum Gasteiger partial charge on any atom is -0.317 e. The lowest BCUT2D eigenvalue weighted by atomic mass is 10.2. The maximum absolute atomic E-state index is 12.3. The van der Waals surface area contributed by atoms with Crippen molar-refractivity contribution in [1.82, 2.24) is 4.57 Å². The first-order valence-electron chi connectivity index (χ1n) is 7.12. The predicted octanol–water partition coefficient (Wildman–Crippen LogP) is 4.03.